The Morgan fingerprint density at radius 1 is 1.31 bits per heavy atom. The first-order chi connectivity index (χ1) is 7.75. The van der Waals surface area contributed by atoms with E-state index in [9.17, 15) is 5.11 Å². The summed E-state index contributed by atoms with van der Waals surface area (Å²) in [5.41, 5.74) is 0.895. The molecule has 1 atom stereocenters. The summed E-state index contributed by atoms with van der Waals surface area (Å²) in [4.78, 5) is 0. The van der Waals surface area contributed by atoms with Gasteiger partial charge in [0.15, 0.2) is 6.79 Å². The number of hydrogen-bond acceptors (Lipinski definition) is 3. The lowest BCUT2D eigenvalue weighted by atomic mass is 10.1. The lowest BCUT2D eigenvalue weighted by Crippen LogP contribution is -2.05. The number of hydrogen-bond donors (Lipinski definition) is 1. The van der Waals surface area contributed by atoms with Gasteiger partial charge in [-0.15, -0.1) is 0 Å². The zero-order valence-corrected chi connectivity index (χ0v) is 9.56. The van der Waals surface area contributed by atoms with Gasteiger partial charge in [0.25, 0.3) is 0 Å². The van der Waals surface area contributed by atoms with Crippen LogP contribution in [0.5, 0.6) is 5.75 Å². The van der Waals surface area contributed by atoms with Crippen molar-refractivity contribution < 1.29 is 14.6 Å². The second kappa shape index (κ2) is 5.32. The fraction of sp³-hybridized carbons (Fsp3) is 0.538. The number of rotatable bonds is 6. The van der Waals surface area contributed by atoms with Gasteiger partial charge < -0.3 is 14.6 Å². The first-order valence-corrected chi connectivity index (χ1v) is 5.74. The molecule has 1 aromatic rings. The molecule has 0 radical (unpaired) electrons. The Morgan fingerprint density at radius 3 is 2.56 bits per heavy atom. The van der Waals surface area contributed by atoms with Crippen LogP contribution in [0.1, 0.15) is 31.4 Å². The van der Waals surface area contributed by atoms with Gasteiger partial charge in [-0.1, -0.05) is 12.1 Å². The highest BCUT2D eigenvalue weighted by molar-refractivity contribution is 5.28. The fourth-order valence-corrected chi connectivity index (χ4v) is 1.45. The van der Waals surface area contributed by atoms with E-state index in [1.165, 1.54) is 12.8 Å². The third-order valence-corrected chi connectivity index (χ3v) is 2.72. The second-order valence-corrected chi connectivity index (χ2v) is 4.32. The zero-order valence-electron chi connectivity index (χ0n) is 9.56. The van der Waals surface area contributed by atoms with E-state index in [1.54, 1.807) is 6.92 Å². The van der Waals surface area contributed by atoms with Gasteiger partial charge >= 0.3 is 0 Å². The Morgan fingerprint density at radius 2 is 2.00 bits per heavy atom. The molecule has 1 fully saturated rings. The molecule has 0 spiro atoms. The lowest BCUT2D eigenvalue weighted by Gasteiger charge is -2.08. The molecular weight excluding hydrogens is 204 g/mol. The van der Waals surface area contributed by atoms with Crippen molar-refractivity contribution in [2.75, 3.05) is 13.4 Å². The fourth-order valence-electron chi connectivity index (χ4n) is 1.45. The van der Waals surface area contributed by atoms with Gasteiger partial charge in [0.2, 0.25) is 0 Å². The van der Waals surface area contributed by atoms with Crippen molar-refractivity contribution in [3.05, 3.63) is 29.8 Å². The molecule has 3 heteroatoms. The first-order valence-electron chi connectivity index (χ1n) is 5.74. The monoisotopic (exact) mass is 222 g/mol. The molecule has 1 aliphatic carbocycles. The summed E-state index contributed by atoms with van der Waals surface area (Å²) < 4.78 is 10.8. The summed E-state index contributed by atoms with van der Waals surface area (Å²) in [6.45, 7) is 2.87. The van der Waals surface area contributed by atoms with Crippen LogP contribution in [-0.4, -0.2) is 18.5 Å². The molecule has 88 valence electrons. The standard InChI is InChI=1S/C13H18O3/c1-10(14)12-4-6-13(7-5-12)16-9-15-8-11-2-3-11/h4-7,10-11,14H,2-3,8-9H2,1H3. The first kappa shape index (κ1) is 11.4. The molecule has 0 aromatic heterocycles. The maximum atomic E-state index is 9.33. The Labute approximate surface area is 96.0 Å². The van der Waals surface area contributed by atoms with Crippen LogP contribution in [-0.2, 0) is 4.74 Å². The minimum Gasteiger partial charge on any atom is -0.468 e. The average Bonchev–Trinajstić information content (AvgIpc) is 3.09. The van der Waals surface area contributed by atoms with E-state index in [4.69, 9.17) is 9.47 Å². The normalized spacial score (nSPS) is 17.1. The Bertz CT molecular complexity index is 314. The maximum absolute atomic E-state index is 9.33. The average molecular weight is 222 g/mol. The van der Waals surface area contributed by atoms with Crippen molar-refractivity contribution in [1.82, 2.24) is 0 Å². The summed E-state index contributed by atoms with van der Waals surface area (Å²) >= 11 is 0. The van der Waals surface area contributed by atoms with Gasteiger partial charge in [0, 0.05) is 0 Å². The zero-order chi connectivity index (χ0) is 11.4. The lowest BCUT2D eigenvalue weighted by molar-refractivity contribution is 0.00996. The molecular formula is C13H18O3. The molecule has 0 bridgehead atoms. The number of aliphatic hydroxyl groups excluding tert-OH is 1. The van der Waals surface area contributed by atoms with E-state index in [0.717, 1.165) is 23.8 Å². The Hall–Kier alpha value is -1.06. The largest absolute Gasteiger partial charge is 0.468 e. The van der Waals surface area contributed by atoms with Crippen LogP contribution in [0.2, 0.25) is 0 Å². The Balaban J connectivity index is 1.71. The highest BCUT2D eigenvalue weighted by Gasteiger charge is 2.21. The number of benzene rings is 1. The van der Waals surface area contributed by atoms with Crippen molar-refractivity contribution in [1.29, 1.82) is 0 Å². The maximum Gasteiger partial charge on any atom is 0.189 e. The molecule has 1 unspecified atom stereocenters. The molecule has 16 heavy (non-hydrogen) atoms. The third-order valence-electron chi connectivity index (χ3n) is 2.72. The van der Waals surface area contributed by atoms with Gasteiger partial charge in [-0.05, 0) is 43.4 Å². The quantitative estimate of drug-likeness (QED) is 0.593. The van der Waals surface area contributed by atoms with Crippen LogP contribution in [0.4, 0.5) is 0 Å². The van der Waals surface area contributed by atoms with Gasteiger partial charge in [-0.25, -0.2) is 0 Å². The van der Waals surface area contributed by atoms with Crippen molar-refractivity contribution in [3.8, 4) is 5.75 Å². The summed E-state index contributed by atoms with van der Waals surface area (Å²) in [6.07, 6.45) is 2.16. The molecule has 1 aliphatic rings. The van der Waals surface area contributed by atoms with Crippen molar-refractivity contribution in [3.63, 3.8) is 0 Å². The van der Waals surface area contributed by atoms with E-state index >= 15 is 0 Å². The molecule has 0 heterocycles. The second-order valence-electron chi connectivity index (χ2n) is 4.32. The topological polar surface area (TPSA) is 38.7 Å². The highest BCUT2D eigenvalue weighted by Crippen LogP contribution is 2.28. The van der Waals surface area contributed by atoms with Gasteiger partial charge in [-0.2, -0.15) is 0 Å². The highest BCUT2D eigenvalue weighted by atomic mass is 16.7. The van der Waals surface area contributed by atoms with E-state index < -0.39 is 6.10 Å². The Kier molecular flexibility index (Phi) is 3.80. The SMILES string of the molecule is CC(O)c1ccc(OCOCC2CC2)cc1. The summed E-state index contributed by atoms with van der Waals surface area (Å²) in [6, 6.07) is 7.42. The van der Waals surface area contributed by atoms with Crippen LogP contribution in [0.3, 0.4) is 0 Å². The van der Waals surface area contributed by atoms with E-state index in [-0.39, 0.29) is 0 Å². The molecule has 1 aromatic carbocycles. The van der Waals surface area contributed by atoms with E-state index in [0.29, 0.717) is 6.79 Å². The predicted octanol–water partition coefficient (Wildman–Crippen LogP) is 2.50. The molecule has 1 N–H and O–H groups in total. The predicted molar refractivity (Wildman–Crippen MR) is 61.2 cm³/mol. The molecule has 0 aliphatic heterocycles. The van der Waals surface area contributed by atoms with E-state index in [2.05, 4.69) is 0 Å². The summed E-state index contributed by atoms with van der Waals surface area (Å²) in [5, 5.41) is 9.33. The summed E-state index contributed by atoms with van der Waals surface area (Å²) in [7, 11) is 0. The van der Waals surface area contributed by atoms with Gasteiger partial charge in [0.05, 0.1) is 12.7 Å². The summed E-state index contributed by atoms with van der Waals surface area (Å²) in [5.74, 6) is 1.54. The van der Waals surface area contributed by atoms with Crippen LogP contribution < -0.4 is 4.74 Å². The van der Waals surface area contributed by atoms with Crippen molar-refractivity contribution in [2.24, 2.45) is 5.92 Å². The number of aliphatic hydroxyl groups is 1. The van der Waals surface area contributed by atoms with Crippen LogP contribution in [0.25, 0.3) is 0 Å². The van der Waals surface area contributed by atoms with Crippen molar-refractivity contribution >= 4 is 0 Å². The van der Waals surface area contributed by atoms with Crippen LogP contribution >= 0.6 is 0 Å². The molecule has 0 amide bonds. The molecule has 1 saturated carbocycles. The number of ether oxygens (including phenoxy) is 2. The smallest absolute Gasteiger partial charge is 0.189 e. The molecule has 3 nitrogen and oxygen atoms in total. The van der Waals surface area contributed by atoms with Crippen LogP contribution in [0.15, 0.2) is 24.3 Å². The van der Waals surface area contributed by atoms with Crippen LogP contribution in [0, 0.1) is 5.92 Å². The minimum absolute atomic E-state index is 0.310. The van der Waals surface area contributed by atoms with Crippen molar-refractivity contribution in [2.45, 2.75) is 25.9 Å². The minimum atomic E-state index is -0.430. The van der Waals surface area contributed by atoms with Gasteiger partial charge in [0.1, 0.15) is 5.75 Å². The molecule has 2 rings (SSSR count). The molecule has 0 saturated heterocycles. The van der Waals surface area contributed by atoms with E-state index in [1.807, 2.05) is 24.3 Å². The van der Waals surface area contributed by atoms with Gasteiger partial charge in [-0.3, -0.25) is 0 Å². The third kappa shape index (κ3) is 3.51.